The van der Waals surface area contributed by atoms with E-state index in [0.717, 1.165) is 25.1 Å². The SMILES string of the molecule is CCn1cc(NC(=O)c2ccc([C@@H]3CCCN(S(C)(=O)=O)C3)nc2)cn1. The first-order chi connectivity index (χ1) is 12.4. The van der Waals surface area contributed by atoms with Crippen molar-refractivity contribution >= 4 is 21.6 Å². The summed E-state index contributed by atoms with van der Waals surface area (Å²) in [4.78, 5) is 16.7. The average molecular weight is 377 g/mol. The summed E-state index contributed by atoms with van der Waals surface area (Å²) in [7, 11) is -3.19. The van der Waals surface area contributed by atoms with Crippen LogP contribution < -0.4 is 5.32 Å². The van der Waals surface area contributed by atoms with Crippen molar-refractivity contribution in [2.24, 2.45) is 0 Å². The predicted molar refractivity (Wildman–Crippen MR) is 98.5 cm³/mol. The molecule has 1 amide bonds. The van der Waals surface area contributed by atoms with Crippen molar-refractivity contribution in [2.75, 3.05) is 24.7 Å². The Morgan fingerprint density at radius 2 is 2.15 bits per heavy atom. The Hall–Kier alpha value is -2.26. The van der Waals surface area contributed by atoms with Crippen LogP contribution in [-0.4, -0.2) is 52.7 Å². The molecule has 1 N–H and O–H groups in total. The van der Waals surface area contributed by atoms with Crippen molar-refractivity contribution in [2.45, 2.75) is 32.2 Å². The number of piperidine rings is 1. The van der Waals surface area contributed by atoms with E-state index < -0.39 is 10.0 Å². The molecular formula is C17H23N5O3S. The van der Waals surface area contributed by atoms with Gasteiger partial charge < -0.3 is 5.32 Å². The van der Waals surface area contributed by atoms with E-state index in [1.54, 1.807) is 29.2 Å². The molecule has 3 heterocycles. The molecule has 0 aromatic carbocycles. The van der Waals surface area contributed by atoms with Gasteiger partial charge >= 0.3 is 0 Å². The zero-order chi connectivity index (χ0) is 18.7. The van der Waals surface area contributed by atoms with Gasteiger partial charge in [-0.05, 0) is 31.9 Å². The fraction of sp³-hybridized carbons (Fsp3) is 0.471. The summed E-state index contributed by atoms with van der Waals surface area (Å²) in [5.41, 5.74) is 1.90. The zero-order valence-corrected chi connectivity index (χ0v) is 15.7. The number of nitrogens with one attached hydrogen (secondary N) is 1. The summed E-state index contributed by atoms with van der Waals surface area (Å²) in [5.74, 6) is -0.195. The standard InChI is InChI=1S/C17H23N5O3S/c1-3-21-12-15(10-19-21)20-17(23)13-6-7-16(18-9-13)14-5-4-8-22(11-14)26(2,24)25/h6-7,9-10,12,14H,3-5,8,11H2,1-2H3,(H,20,23)/t14-/m1/s1. The summed E-state index contributed by atoms with van der Waals surface area (Å²) in [6.45, 7) is 3.70. The molecule has 2 aromatic rings. The number of rotatable bonds is 5. The molecule has 8 nitrogen and oxygen atoms in total. The molecule has 0 unspecified atom stereocenters. The highest BCUT2D eigenvalue weighted by Crippen LogP contribution is 2.26. The second-order valence-electron chi connectivity index (χ2n) is 6.47. The van der Waals surface area contributed by atoms with Crippen LogP contribution in [0.25, 0.3) is 0 Å². The van der Waals surface area contributed by atoms with Crippen LogP contribution in [0.5, 0.6) is 0 Å². The van der Waals surface area contributed by atoms with E-state index in [2.05, 4.69) is 15.4 Å². The lowest BCUT2D eigenvalue weighted by molar-refractivity contribution is 0.102. The number of nitrogens with zero attached hydrogens (tertiary/aromatic N) is 4. The average Bonchev–Trinajstić information content (AvgIpc) is 3.09. The van der Waals surface area contributed by atoms with Gasteiger partial charge in [-0.3, -0.25) is 14.5 Å². The minimum Gasteiger partial charge on any atom is -0.319 e. The second-order valence-corrected chi connectivity index (χ2v) is 8.45. The summed E-state index contributed by atoms with van der Waals surface area (Å²) >= 11 is 0. The molecule has 1 aliphatic rings. The van der Waals surface area contributed by atoms with E-state index in [1.165, 1.54) is 16.8 Å². The van der Waals surface area contributed by atoms with Crippen LogP contribution in [0.15, 0.2) is 30.7 Å². The number of carbonyl (C=O) groups excluding carboxylic acids is 1. The number of amides is 1. The van der Waals surface area contributed by atoms with Gasteiger partial charge in [0.1, 0.15) is 0 Å². The van der Waals surface area contributed by atoms with E-state index in [4.69, 9.17) is 0 Å². The van der Waals surface area contributed by atoms with E-state index in [-0.39, 0.29) is 11.8 Å². The molecule has 2 aromatic heterocycles. The minimum atomic E-state index is -3.19. The molecule has 0 spiro atoms. The van der Waals surface area contributed by atoms with Crippen LogP contribution >= 0.6 is 0 Å². The Bertz CT molecular complexity index is 876. The molecule has 0 bridgehead atoms. The van der Waals surface area contributed by atoms with Crippen LogP contribution in [0.2, 0.25) is 0 Å². The first kappa shape index (κ1) is 18.5. The lowest BCUT2D eigenvalue weighted by Crippen LogP contribution is -2.38. The van der Waals surface area contributed by atoms with Crippen molar-refractivity contribution in [1.29, 1.82) is 0 Å². The van der Waals surface area contributed by atoms with E-state index in [9.17, 15) is 13.2 Å². The number of sulfonamides is 1. The number of aryl methyl sites for hydroxylation is 1. The topological polar surface area (TPSA) is 97.2 Å². The molecule has 0 aliphatic carbocycles. The monoisotopic (exact) mass is 377 g/mol. The molecule has 3 rings (SSSR count). The maximum atomic E-state index is 12.3. The molecule has 1 atom stereocenters. The number of anilines is 1. The molecule has 0 saturated carbocycles. The predicted octanol–water partition coefficient (Wildman–Crippen LogP) is 1.69. The summed E-state index contributed by atoms with van der Waals surface area (Å²) < 4.78 is 26.7. The fourth-order valence-electron chi connectivity index (χ4n) is 3.07. The number of aromatic nitrogens is 3. The highest BCUT2D eigenvalue weighted by atomic mass is 32.2. The van der Waals surface area contributed by atoms with Crippen LogP contribution in [0.3, 0.4) is 0 Å². The van der Waals surface area contributed by atoms with Gasteiger partial charge in [0.05, 0.1) is 23.7 Å². The highest BCUT2D eigenvalue weighted by Gasteiger charge is 2.27. The fourth-order valence-corrected chi connectivity index (χ4v) is 3.98. The zero-order valence-electron chi connectivity index (χ0n) is 14.9. The Labute approximate surface area is 153 Å². The lowest BCUT2D eigenvalue weighted by atomic mass is 9.95. The second kappa shape index (κ2) is 7.55. The first-order valence-electron chi connectivity index (χ1n) is 8.61. The Kier molecular flexibility index (Phi) is 5.38. The van der Waals surface area contributed by atoms with Crippen LogP contribution in [-0.2, 0) is 16.6 Å². The molecule has 26 heavy (non-hydrogen) atoms. The van der Waals surface area contributed by atoms with Crippen molar-refractivity contribution in [3.05, 3.63) is 42.0 Å². The van der Waals surface area contributed by atoms with Gasteiger partial charge in [0, 0.05) is 43.6 Å². The van der Waals surface area contributed by atoms with Gasteiger partial charge in [0.15, 0.2) is 0 Å². The van der Waals surface area contributed by atoms with Crippen LogP contribution in [0.1, 0.15) is 41.7 Å². The van der Waals surface area contributed by atoms with Gasteiger partial charge in [-0.25, -0.2) is 12.7 Å². The molecule has 1 fully saturated rings. The summed E-state index contributed by atoms with van der Waals surface area (Å²) in [5, 5.41) is 6.91. The van der Waals surface area contributed by atoms with E-state index in [1.807, 2.05) is 6.92 Å². The maximum Gasteiger partial charge on any atom is 0.257 e. The number of hydrogen-bond donors (Lipinski definition) is 1. The molecule has 1 saturated heterocycles. The quantitative estimate of drug-likeness (QED) is 0.855. The summed E-state index contributed by atoms with van der Waals surface area (Å²) in [6, 6.07) is 3.53. The van der Waals surface area contributed by atoms with Crippen LogP contribution in [0, 0.1) is 0 Å². The minimum absolute atomic E-state index is 0.0540. The van der Waals surface area contributed by atoms with Gasteiger partial charge in [0.2, 0.25) is 10.0 Å². The van der Waals surface area contributed by atoms with Crippen molar-refractivity contribution in [1.82, 2.24) is 19.1 Å². The Morgan fingerprint density at radius 1 is 1.35 bits per heavy atom. The molecule has 140 valence electrons. The number of carbonyl (C=O) groups is 1. The number of pyridine rings is 1. The molecular weight excluding hydrogens is 354 g/mol. The van der Waals surface area contributed by atoms with Crippen molar-refractivity contribution in [3.8, 4) is 0 Å². The van der Waals surface area contributed by atoms with Gasteiger partial charge in [-0.1, -0.05) is 0 Å². The Morgan fingerprint density at radius 3 is 2.77 bits per heavy atom. The smallest absolute Gasteiger partial charge is 0.257 e. The highest BCUT2D eigenvalue weighted by molar-refractivity contribution is 7.88. The number of hydrogen-bond acceptors (Lipinski definition) is 5. The lowest BCUT2D eigenvalue weighted by Gasteiger charge is -2.30. The van der Waals surface area contributed by atoms with E-state index in [0.29, 0.717) is 24.3 Å². The Balaban J connectivity index is 1.67. The normalized spacial score (nSPS) is 18.6. The third-order valence-corrected chi connectivity index (χ3v) is 5.80. The van der Waals surface area contributed by atoms with Crippen molar-refractivity contribution < 1.29 is 13.2 Å². The van der Waals surface area contributed by atoms with Crippen molar-refractivity contribution in [3.63, 3.8) is 0 Å². The summed E-state index contributed by atoms with van der Waals surface area (Å²) in [6.07, 6.45) is 7.83. The first-order valence-corrected chi connectivity index (χ1v) is 10.5. The van der Waals surface area contributed by atoms with Gasteiger partial charge in [-0.15, -0.1) is 0 Å². The third-order valence-electron chi connectivity index (χ3n) is 4.54. The van der Waals surface area contributed by atoms with Gasteiger partial charge in [0.25, 0.3) is 5.91 Å². The largest absolute Gasteiger partial charge is 0.319 e. The van der Waals surface area contributed by atoms with Crippen LogP contribution in [0.4, 0.5) is 5.69 Å². The molecule has 9 heteroatoms. The molecule has 1 aliphatic heterocycles. The van der Waals surface area contributed by atoms with Gasteiger partial charge in [-0.2, -0.15) is 5.10 Å². The van der Waals surface area contributed by atoms with E-state index >= 15 is 0 Å². The third kappa shape index (κ3) is 4.28. The maximum absolute atomic E-state index is 12.3. The molecule has 0 radical (unpaired) electrons.